The Morgan fingerprint density at radius 1 is 1.21 bits per heavy atom. The highest BCUT2D eigenvalue weighted by Gasteiger charge is 2.38. The minimum absolute atomic E-state index is 0.0548. The third-order valence-corrected chi connectivity index (χ3v) is 7.76. The summed E-state index contributed by atoms with van der Waals surface area (Å²) in [4.78, 5) is 29.9. The third-order valence-electron chi connectivity index (χ3n) is 6.60. The number of nitrogens with zero attached hydrogens (tertiary/aromatic N) is 2. The largest absolute Gasteiger partial charge is 0.496 e. The van der Waals surface area contributed by atoms with Crippen LogP contribution in [0.1, 0.15) is 63.1 Å². The zero-order valence-electron chi connectivity index (χ0n) is 20.4. The molecule has 2 heterocycles. The molecule has 0 aliphatic carbocycles. The molecule has 7 heteroatoms. The van der Waals surface area contributed by atoms with Crippen LogP contribution in [0.4, 0.5) is 10.5 Å². The SMILES string of the molecule is CCCN1c2cc(OC)c(/C=C3/SC(=O)N(Cc4ccc(Cl)cc4)C3=O)cc2C(C)CC1(C)C. The number of benzene rings is 2. The molecule has 34 heavy (non-hydrogen) atoms. The minimum Gasteiger partial charge on any atom is -0.496 e. The van der Waals surface area contributed by atoms with Crippen molar-refractivity contribution in [1.82, 2.24) is 4.90 Å². The lowest BCUT2D eigenvalue weighted by atomic mass is 9.79. The molecule has 1 fully saturated rings. The molecule has 180 valence electrons. The van der Waals surface area contributed by atoms with Crippen LogP contribution in [0.3, 0.4) is 0 Å². The zero-order chi connectivity index (χ0) is 24.6. The summed E-state index contributed by atoms with van der Waals surface area (Å²) in [7, 11) is 1.65. The predicted molar refractivity (Wildman–Crippen MR) is 141 cm³/mol. The van der Waals surface area contributed by atoms with Crippen molar-refractivity contribution < 1.29 is 14.3 Å². The Balaban J connectivity index is 1.68. The Hall–Kier alpha value is -2.44. The zero-order valence-corrected chi connectivity index (χ0v) is 21.9. The van der Waals surface area contributed by atoms with Crippen LogP contribution in [0.5, 0.6) is 5.75 Å². The Morgan fingerprint density at radius 3 is 2.56 bits per heavy atom. The number of carbonyl (C=O) groups excluding carboxylic acids is 2. The first kappa shape index (κ1) is 24.7. The van der Waals surface area contributed by atoms with E-state index in [1.54, 1.807) is 25.3 Å². The van der Waals surface area contributed by atoms with Gasteiger partial charge in [0.1, 0.15) is 5.75 Å². The van der Waals surface area contributed by atoms with Gasteiger partial charge in [-0.2, -0.15) is 0 Å². The van der Waals surface area contributed by atoms with Crippen LogP contribution in [0, 0.1) is 0 Å². The summed E-state index contributed by atoms with van der Waals surface area (Å²) in [5.74, 6) is 0.789. The molecule has 1 saturated heterocycles. The molecule has 0 radical (unpaired) electrons. The molecule has 0 bridgehead atoms. The Morgan fingerprint density at radius 2 is 1.91 bits per heavy atom. The van der Waals surface area contributed by atoms with Gasteiger partial charge in [0.05, 0.1) is 18.6 Å². The summed E-state index contributed by atoms with van der Waals surface area (Å²) >= 11 is 6.93. The number of carbonyl (C=O) groups is 2. The van der Waals surface area contributed by atoms with Crippen molar-refractivity contribution in [2.45, 2.75) is 58.5 Å². The van der Waals surface area contributed by atoms with Crippen LogP contribution in [-0.2, 0) is 11.3 Å². The number of imide groups is 1. The van der Waals surface area contributed by atoms with Crippen LogP contribution >= 0.6 is 23.4 Å². The monoisotopic (exact) mass is 498 g/mol. The van der Waals surface area contributed by atoms with Crippen molar-refractivity contribution in [2.24, 2.45) is 0 Å². The first-order chi connectivity index (χ1) is 16.1. The second kappa shape index (κ2) is 9.67. The number of halogens is 1. The van der Waals surface area contributed by atoms with Gasteiger partial charge in [0.15, 0.2) is 0 Å². The highest BCUT2D eigenvalue weighted by atomic mass is 35.5. The number of hydrogen-bond donors (Lipinski definition) is 0. The molecule has 5 nitrogen and oxygen atoms in total. The summed E-state index contributed by atoms with van der Waals surface area (Å²) in [6.07, 6.45) is 3.90. The highest BCUT2D eigenvalue weighted by Crippen LogP contribution is 2.46. The minimum atomic E-state index is -0.286. The number of ether oxygens (including phenoxy) is 1. The molecule has 0 spiro atoms. The summed E-state index contributed by atoms with van der Waals surface area (Å²) in [5, 5.41) is 0.347. The quantitative estimate of drug-likeness (QED) is 0.398. The van der Waals surface area contributed by atoms with Crippen LogP contribution in [-0.4, -0.2) is 35.2 Å². The number of hydrogen-bond acceptors (Lipinski definition) is 5. The van der Waals surface area contributed by atoms with E-state index in [2.05, 4.69) is 44.7 Å². The summed E-state index contributed by atoms with van der Waals surface area (Å²) in [5.41, 5.74) is 4.17. The highest BCUT2D eigenvalue weighted by molar-refractivity contribution is 8.18. The van der Waals surface area contributed by atoms with E-state index in [9.17, 15) is 9.59 Å². The van der Waals surface area contributed by atoms with Crippen molar-refractivity contribution in [2.75, 3.05) is 18.6 Å². The van der Waals surface area contributed by atoms with E-state index in [4.69, 9.17) is 16.3 Å². The van der Waals surface area contributed by atoms with E-state index in [1.807, 2.05) is 12.1 Å². The average Bonchev–Trinajstić information content (AvgIpc) is 3.05. The van der Waals surface area contributed by atoms with Gasteiger partial charge in [-0.3, -0.25) is 14.5 Å². The third kappa shape index (κ3) is 4.71. The van der Waals surface area contributed by atoms with Gasteiger partial charge in [-0.25, -0.2) is 0 Å². The molecular formula is C27H31ClN2O3S. The maximum Gasteiger partial charge on any atom is 0.293 e. The van der Waals surface area contributed by atoms with E-state index in [-0.39, 0.29) is 23.2 Å². The van der Waals surface area contributed by atoms with Gasteiger partial charge in [-0.15, -0.1) is 0 Å². The van der Waals surface area contributed by atoms with Crippen LogP contribution in [0.25, 0.3) is 6.08 Å². The van der Waals surface area contributed by atoms with Crippen molar-refractivity contribution in [1.29, 1.82) is 0 Å². The lowest BCUT2D eigenvalue weighted by molar-refractivity contribution is -0.123. The first-order valence-electron chi connectivity index (χ1n) is 11.6. The molecule has 2 aliphatic rings. The molecular weight excluding hydrogens is 468 g/mol. The summed E-state index contributed by atoms with van der Waals surface area (Å²) in [6.45, 7) is 10.2. The number of thioether (sulfide) groups is 1. The van der Waals surface area contributed by atoms with Gasteiger partial charge in [0.2, 0.25) is 0 Å². The van der Waals surface area contributed by atoms with E-state index >= 15 is 0 Å². The van der Waals surface area contributed by atoms with Gasteiger partial charge in [-0.1, -0.05) is 37.6 Å². The fraction of sp³-hybridized carbons (Fsp3) is 0.407. The number of rotatable bonds is 6. The molecule has 0 aromatic heterocycles. The smallest absolute Gasteiger partial charge is 0.293 e. The molecule has 2 amide bonds. The number of fused-ring (bicyclic) bond motifs is 1. The lowest BCUT2D eigenvalue weighted by Crippen LogP contribution is -2.48. The first-order valence-corrected chi connectivity index (χ1v) is 12.8. The van der Waals surface area contributed by atoms with Crippen molar-refractivity contribution in [3.63, 3.8) is 0 Å². The number of anilines is 1. The maximum absolute atomic E-state index is 13.1. The maximum atomic E-state index is 13.1. The molecule has 4 rings (SSSR count). The fourth-order valence-corrected chi connectivity index (χ4v) is 5.97. The molecule has 2 aliphatic heterocycles. The average molecular weight is 499 g/mol. The Labute approximate surface area is 211 Å². The molecule has 2 aromatic carbocycles. The van der Waals surface area contributed by atoms with Gasteiger partial charge in [-0.05, 0) is 79.8 Å². The van der Waals surface area contributed by atoms with E-state index in [0.29, 0.717) is 21.6 Å². The van der Waals surface area contributed by atoms with Gasteiger partial charge >= 0.3 is 0 Å². The van der Waals surface area contributed by atoms with Crippen LogP contribution in [0.2, 0.25) is 5.02 Å². The van der Waals surface area contributed by atoms with Gasteiger partial charge in [0, 0.05) is 34.4 Å². The Kier molecular flexibility index (Phi) is 7.02. The van der Waals surface area contributed by atoms with Crippen molar-refractivity contribution in [3.05, 3.63) is 63.0 Å². The van der Waals surface area contributed by atoms with E-state index < -0.39 is 0 Å². The second-order valence-corrected chi connectivity index (χ2v) is 11.0. The topological polar surface area (TPSA) is 49.9 Å². The number of methoxy groups -OCH3 is 1. The summed E-state index contributed by atoms with van der Waals surface area (Å²) < 4.78 is 5.74. The van der Waals surface area contributed by atoms with E-state index in [1.165, 1.54) is 16.2 Å². The summed E-state index contributed by atoms with van der Waals surface area (Å²) in [6, 6.07) is 11.4. The normalized spacial score (nSPS) is 20.8. The fourth-order valence-electron chi connectivity index (χ4n) is 5.01. The van der Waals surface area contributed by atoms with E-state index in [0.717, 1.165) is 42.3 Å². The van der Waals surface area contributed by atoms with Crippen LogP contribution in [0.15, 0.2) is 41.3 Å². The standard InChI is InChI=1S/C27H31ClN2O3S/c1-6-11-30-22-14-23(33-5)19(12-21(22)17(2)15-27(30,3)4)13-24-25(31)29(26(32)34-24)16-18-7-9-20(28)10-8-18/h7-10,12-14,17H,6,11,15-16H2,1-5H3/b24-13+. The van der Waals surface area contributed by atoms with Crippen LogP contribution < -0.4 is 9.64 Å². The Bertz CT molecular complexity index is 1140. The molecule has 1 atom stereocenters. The number of amides is 2. The lowest BCUT2D eigenvalue weighted by Gasteiger charge is -2.47. The molecule has 0 saturated carbocycles. The molecule has 1 unspecified atom stereocenters. The molecule has 0 N–H and O–H groups in total. The van der Waals surface area contributed by atoms with Gasteiger partial charge in [0.25, 0.3) is 11.1 Å². The van der Waals surface area contributed by atoms with Gasteiger partial charge < -0.3 is 9.64 Å². The predicted octanol–water partition coefficient (Wildman–Crippen LogP) is 7.09. The second-order valence-electron chi connectivity index (χ2n) is 9.62. The van der Waals surface area contributed by atoms with Crippen molar-refractivity contribution in [3.8, 4) is 5.75 Å². The molecule has 2 aromatic rings. The van der Waals surface area contributed by atoms with Crippen molar-refractivity contribution >= 4 is 46.3 Å².